The Morgan fingerprint density at radius 3 is 0.839 bits per heavy atom. The molecule has 7 heterocycles. The van der Waals surface area contributed by atoms with Gasteiger partial charge in [-0.3, -0.25) is 9.13 Å². The molecule has 0 saturated heterocycles. The van der Waals surface area contributed by atoms with E-state index < -0.39 is 69.6 Å². The molecular formula is C136H113N3O4. The maximum atomic E-state index is 9.07. The van der Waals surface area contributed by atoms with Crippen LogP contribution in [0.1, 0.15) is 173 Å². The molecule has 4 unspecified atom stereocenters. The molecule has 143 heavy (non-hydrogen) atoms. The zero-order valence-electron chi connectivity index (χ0n) is 102. The molecule has 0 fully saturated rings. The number of nitrogens with zero attached hydrogens (tertiary/aromatic N) is 3. The van der Waals surface area contributed by atoms with Crippen LogP contribution in [0.2, 0.25) is 0 Å². The first-order chi connectivity index (χ1) is 78.0. The minimum absolute atomic E-state index is 0.113. The molecule has 696 valence electrons. The zero-order valence-corrected chi connectivity index (χ0v) is 80.5. The van der Waals surface area contributed by atoms with E-state index in [-0.39, 0.29) is 16.7 Å². The normalized spacial score (nSPS) is 19.4. The molecule has 0 amide bonds. The number of hydrogen-bond acceptors (Lipinski definition) is 4. The molecule has 4 aliphatic rings. The van der Waals surface area contributed by atoms with Crippen molar-refractivity contribution in [2.45, 2.75) is 132 Å². The second kappa shape index (κ2) is 34.2. The van der Waals surface area contributed by atoms with Gasteiger partial charge in [-0.1, -0.05) is 364 Å². The number of rotatable bonds is 10. The van der Waals surface area contributed by atoms with Crippen LogP contribution in [-0.4, -0.2) is 13.7 Å². The minimum Gasteiger partial charge on any atom is -0.456 e. The molecule has 4 atom stereocenters. The van der Waals surface area contributed by atoms with Crippen molar-refractivity contribution in [1.29, 1.82) is 0 Å². The fourth-order valence-corrected chi connectivity index (χ4v) is 22.9. The Labute approximate surface area is 867 Å². The zero-order chi connectivity index (χ0) is 115. The molecular weight excluding hydrogens is 1740 g/mol. The molecule has 22 aromatic rings. The summed E-state index contributed by atoms with van der Waals surface area (Å²) in [7, 11) is 0. The predicted molar refractivity (Wildman–Crippen MR) is 595 cm³/mol. The van der Waals surface area contributed by atoms with Gasteiger partial charge in [0.2, 0.25) is 0 Å². The highest BCUT2D eigenvalue weighted by Gasteiger charge is 2.42. The summed E-state index contributed by atoms with van der Waals surface area (Å²) in [6.45, 7) is -0.918. The Kier molecular flexibility index (Phi) is 16.4. The van der Waals surface area contributed by atoms with E-state index in [1.165, 1.54) is 0 Å². The molecule has 0 N–H and O–H groups in total. The van der Waals surface area contributed by atoms with Crippen LogP contribution in [0.15, 0.2) is 394 Å². The van der Waals surface area contributed by atoms with E-state index in [4.69, 9.17) is 47.7 Å². The van der Waals surface area contributed by atoms with Gasteiger partial charge in [-0.25, -0.2) is 0 Å². The summed E-state index contributed by atoms with van der Waals surface area (Å²) < 4.78 is 219. The van der Waals surface area contributed by atoms with Crippen LogP contribution in [0.4, 0.5) is 0 Å². The SMILES string of the molecule is [2H]C([2H])([2H])c1c(-c2ccc(C)c(-c3cccc4c3Oc3ccccc3C4(C)C([2H])([2H])[2H])c2C)ccc(C)c1-c1cccc2c1Oc1ccccc1C2(C)C([2H])([2H])[2H].[2H]C([2H])([2H])c1c(-c2cccc(-n3c4ccccc4c4c5ccccc5n(-c5ccccc5)c43)c2)ccc(C)c1-c1cccc2c1Oc1ccccc1C2(C)C([2H])([2H])[2H].[2H]C([2H])([2H])c1c(-c2cccc(-n3c4ccccc4c4ccccc43)c2)ccc(C)c1-c1cccc2c1Oc1ccccc1C2(C)C([2H])([2H])[2H]. The molecule has 0 radical (unpaired) electrons. The van der Waals surface area contributed by atoms with Gasteiger partial charge in [0.15, 0.2) is 0 Å². The standard InChI is InChI=1S/C49H38N2O.C46H42O2.C41H33NO/c1-31-28-29-36(32(2)45(31)39-22-15-24-41-47(39)52-44-27-13-10-23-40(44)49(41,3)4)33-16-14-19-35(30-33)51-43-26-12-9-21-38(43)46-37-20-8-11-25-42(37)50(48(46)51)34-17-6-5-7-18-34;1-27-23-25-31(29(3)41(27)33-15-13-19-37-43(33)47-39-21-11-9-17-35(39)45(37,5)6)32-26-24-28(2)42(30(32)4)34-16-14-20-38-44(34)48-40-22-12-10-18-36(40)46(38,7)8;1-26-23-24-30(27(2)39(26)33-17-12-19-35-40(33)43-38-22-10-7-18-34(38)41(35,3)4)28-13-11-14-29(25-28)42-36-20-8-5-15-31(36)32-16-6-9-21-37(32)42/h5-30H,1-4H3;9-26H,1-8H3;5-25H,1-4H3/i2D3,3D3;3D3,5D3,7D3;2D3,3D3. The van der Waals surface area contributed by atoms with Crippen LogP contribution in [0, 0.1) is 55.2 Å². The van der Waals surface area contributed by atoms with Crippen molar-refractivity contribution in [1.82, 2.24) is 13.7 Å². The first-order valence-electron chi connectivity index (χ1n) is 58.9. The third-order valence-electron chi connectivity index (χ3n) is 29.9. The van der Waals surface area contributed by atoms with Crippen molar-refractivity contribution in [3.05, 3.63) is 483 Å². The van der Waals surface area contributed by atoms with Crippen LogP contribution in [0.25, 0.3) is 150 Å². The van der Waals surface area contributed by atoms with Crippen LogP contribution in [0.5, 0.6) is 46.0 Å². The van der Waals surface area contributed by atoms with E-state index >= 15 is 0 Å². The van der Waals surface area contributed by atoms with Gasteiger partial charge in [0.05, 0.1) is 22.1 Å². The molecule has 4 aliphatic heterocycles. The van der Waals surface area contributed by atoms with Crippen molar-refractivity contribution >= 4 is 54.6 Å². The fraction of sp³-hybridized carbons (Fsp3) is 0.147. The van der Waals surface area contributed by atoms with E-state index in [2.05, 4.69) is 105 Å². The lowest BCUT2D eigenvalue weighted by atomic mass is 9.74. The van der Waals surface area contributed by atoms with Crippen LogP contribution in [0.3, 0.4) is 0 Å². The van der Waals surface area contributed by atoms with Crippen molar-refractivity contribution < 1.29 is 47.7 Å². The number of para-hydroxylation sites is 13. The molecule has 7 heteroatoms. The number of benzene rings is 19. The van der Waals surface area contributed by atoms with Gasteiger partial charge in [0.1, 0.15) is 51.6 Å². The Hall–Kier alpha value is -16.5. The summed E-state index contributed by atoms with van der Waals surface area (Å²) in [6, 6.07) is 126. The number of hydrogen-bond donors (Lipinski definition) is 0. The topological polar surface area (TPSA) is 51.7 Å². The van der Waals surface area contributed by atoms with E-state index in [1.54, 1.807) is 131 Å². The van der Waals surface area contributed by atoms with Gasteiger partial charge in [-0.05, 0) is 240 Å². The summed E-state index contributed by atoms with van der Waals surface area (Å²) in [5, 5.41) is 5.69. The number of aryl methyl sites for hydroxylation is 4. The van der Waals surface area contributed by atoms with E-state index in [0.29, 0.717) is 157 Å². The molecule has 0 saturated carbocycles. The first kappa shape index (κ1) is 68.6. The van der Waals surface area contributed by atoms with Crippen molar-refractivity contribution in [2.75, 3.05) is 0 Å². The highest BCUT2D eigenvalue weighted by molar-refractivity contribution is 6.22. The van der Waals surface area contributed by atoms with Crippen molar-refractivity contribution in [3.63, 3.8) is 0 Å². The molecule has 0 aliphatic carbocycles. The summed E-state index contributed by atoms with van der Waals surface area (Å²) in [5.74, 6) is 3.25. The smallest absolute Gasteiger partial charge is 0.139 e. The average Bonchev–Trinajstić information content (AvgIpc) is 1.62. The van der Waals surface area contributed by atoms with Gasteiger partial charge in [0, 0.05) is 161 Å². The van der Waals surface area contributed by atoms with Gasteiger partial charge in [-0.2, -0.15) is 0 Å². The predicted octanol–water partition coefficient (Wildman–Crippen LogP) is 37.1. The molecule has 3 aromatic heterocycles. The first-order valence-corrected chi connectivity index (χ1v) is 48.4. The Bertz CT molecular complexity index is 9880. The molecule has 7 nitrogen and oxygen atoms in total. The molecule has 0 bridgehead atoms. The Balaban J connectivity index is 0.000000128. The molecule has 19 aromatic carbocycles. The fourth-order valence-electron chi connectivity index (χ4n) is 22.9. The minimum atomic E-state index is -2.61. The number of aromatic nitrogens is 3. The number of ether oxygens (including phenoxy) is 4. The van der Waals surface area contributed by atoms with Crippen molar-refractivity contribution in [2.24, 2.45) is 0 Å². The second-order valence-electron chi connectivity index (χ2n) is 38.8. The summed E-state index contributed by atoms with van der Waals surface area (Å²) in [6.07, 6.45) is 0. The van der Waals surface area contributed by atoms with Gasteiger partial charge in [-0.15, -0.1) is 0 Å². The monoisotopic (exact) mass is 1870 g/mol. The maximum absolute atomic E-state index is 9.07. The summed E-state index contributed by atoms with van der Waals surface area (Å²) in [5.41, 5.74) is 19.5. The molecule has 0 spiro atoms. The van der Waals surface area contributed by atoms with Crippen LogP contribution < -0.4 is 18.9 Å². The third kappa shape index (κ3) is 14.2. The van der Waals surface area contributed by atoms with Crippen LogP contribution in [-0.2, 0) is 21.7 Å². The lowest BCUT2D eigenvalue weighted by Gasteiger charge is -2.36. The van der Waals surface area contributed by atoms with Gasteiger partial charge < -0.3 is 23.5 Å². The van der Waals surface area contributed by atoms with E-state index in [9.17, 15) is 0 Å². The van der Waals surface area contributed by atoms with E-state index in [0.717, 1.165) is 111 Å². The highest BCUT2D eigenvalue weighted by atomic mass is 16.5. The summed E-state index contributed by atoms with van der Waals surface area (Å²) in [4.78, 5) is 0. The second-order valence-corrected chi connectivity index (χ2v) is 38.8. The summed E-state index contributed by atoms with van der Waals surface area (Å²) >= 11 is 0. The highest BCUT2D eigenvalue weighted by Crippen LogP contribution is 2.59. The lowest BCUT2D eigenvalue weighted by Crippen LogP contribution is -2.24. The number of fused-ring (bicyclic) bond motifs is 16. The maximum Gasteiger partial charge on any atom is 0.139 e. The van der Waals surface area contributed by atoms with Gasteiger partial charge in [0.25, 0.3) is 0 Å². The van der Waals surface area contributed by atoms with Gasteiger partial charge >= 0.3 is 0 Å². The average molecular weight is 1870 g/mol. The lowest BCUT2D eigenvalue weighted by molar-refractivity contribution is 0.419. The van der Waals surface area contributed by atoms with E-state index in [1.807, 2.05) is 235 Å². The van der Waals surface area contributed by atoms with Crippen molar-refractivity contribution in [3.8, 4) is 141 Å². The molecule has 26 rings (SSSR count). The third-order valence-corrected chi connectivity index (χ3v) is 29.9. The Morgan fingerprint density at radius 1 is 0.217 bits per heavy atom. The largest absolute Gasteiger partial charge is 0.456 e. The Morgan fingerprint density at radius 2 is 0.483 bits per heavy atom. The van der Waals surface area contributed by atoms with Crippen LogP contribution >= 0.6 is 0 Å². The quantitative estimate of drug-likeness (QED) is 0.137.